The summed E-state index contributed by atoms with van der Waals surface area (Å²) in [5.41, 5.74) is -1.08. The highest BCUT2D eigenvalue weighted by Gasteiger charge is 2.49. The number of methoxy groups -OCH3 is 1. The first-order valence-electron chi connectivity index (χ1n) is 9.03. The van der Waals surface area contributed by atoms with Crippen LogP contribution in [0.25, 0.3) is 0 Å². The van der Waals surface area contributed by atoms with Gasteiger partial charge in [-0.2, -0.15) is 22.7 Å². The van der Waals surface area contributed by atoms with Gasteiger partial charge >= 0.3 is 19.3 Å². The lowest BCUT2D eigenvalue weighted by atomic mass is 9.92. The van der Waals surface area contributed by atoms with Gasteiger partial charge in [-0.15, -0.1) is 5.01 Å². The lowest BCUT2D eigenvalue weighted by Gasteiger charge is -2.21. The van der Waals surface area contributed by atoms with E-state index < -0.39 is 42.2 Å². The van der Waals surface area contributed by atoms with E-state index in [1.807, 2.05) is 0 Å². The zero-order valence-corrected chi connectivity index (χ0v) is 16.7. The number of rotatable bonds is 8. The lowest BCUT2D eigenvalue weighted by molar-refractivity contribution is -0.131. The SMILES string of the molecule is COc1ccc(C2(C)NC(=O)N(/N=C/c3ccc(OC(F)F)cc3OC(F)F)C2=O)cc1. The van der Waals surface area contributed by atoms with E-state index in [1.54, 1.807) is 24.3 Å². The number of urea groups is 1. The number of carbonyl (C=O) groups excluding carboxylic acids is 2. The number of halogens is 4. The molecule has 0 aliphatic carbocycles. The first kappa shape index (κ1) is 22.8. The van der Waals surface area contributed by atoms with Crippen molar-refractivity contribution < 1.29 is 41.4 Å². The van der Waals surface area contributed by atoms with Gasteiger partial charge in [-0.05, 0) is 36.8 Å². The molecule has 2 aromatic carbocycles. The van der Waals surface area contributed by atoms with Crippen LogP contribution >= 0.6 is 0 Å². The van der Waals surface area contributed by atoms with Crippen LogP contribution in [0.5, 0.6) is 17.2 Å². The number of benzene rings is 2. The van der Waals surface area contributed by atoms with E-state index in [0.29, 0.717) is 16.3 Å². The molecule has 0 bridgehead atoms. The van der Waals surface area contributed by atoms with Gasteiger partial charge in [-0.25, -0.2) is 4.79 Å². The van der Waals surface area contributed by atoms with E-state index in [4.69, 9.17) is 4.74 Å². The molecule has 170 valence electrons. The summed E-state index contributed by atoms with van der Waals surface area (Å²) in [4.78, 5) is 25.3. The Labute approximate surface area is 179 Å². The number of ether oxygens (including phenoxy) is 3. The maximum absolute atomic E-state index is 12.9. The molecule has 1 unspecified atom stereocenters. The molecule has 1 N–H and O–H groups in total. The summed E-state index contributed by atoms with van der Waals surface area (Å²) in [5, 5.41) is 6.83. The van der Waals surface area contributed by atoms with Gasteiger partial charge in [-0.3, -0.25) is 4.79 Å². The van der Waals surface area contributed by atoms with Gasteiger partial charge in [0.2, 0.25) is 0 Å². The minimum atomic E-state index is -3.26. The van der Waals surface area contributed by atoms with Crippen LogP contribution in [-0.4, -0.2) is 43.5 Å². The lowest BCUT2D eigenvalue weighted by Crippen LogP contribution is -2.40. The first-order valence-corrected chi connectivity index (χ1v) is 9.03. The normalized spacial score (nSPS) is 18.6. The second-order valence-electron chi connectivity index (χ2n) is 6.60. The van der Waals surface area contributed by atoms with Crippen LogP contribution in [0.4, 0.5) is 22.4 Å². The standard InChI is InChI=1S/C20H17F4N3O5/c1-20(12-4-7-13(30-2)8-5-12)16(28)27(19(29)26-20)25-10-11-3-6-14(31-17(21)22)9-15(11)32-18(23)24/h3-10,17-18H,1-2H3,(H,26,29)/b25-10+. The first-order chi connectivity index (χ1) is 15.1. The summed E-state index contributed by atoms with van der Waals surface area (Å²) in [7, 11) is 1.48. The van der Waals surface area contributed by atoms with E-state index >= 15 is 0 Å². The van der Waals surface area contributed by atoms with Gasteiger partial charge in [0.15, 0.2) is 0 Å². The predicted octanol–water partition coefficient (Wildman–Crippen LogP) is 3.70. The third-order valence-electron chi connectivity index (χ3n) is 4.58. The molecule has 1 saturated heterocycles. The zero-order chi connectivity index (χ0) is 23.5. The number of nitrogens with one attached hydrogen (secondary N) is 1. The van der Waals surface area contributed by atoms with Crippen LogP contribution in [0.1, 0.15) is 18.1 Å². The number of amides is 3. The highest BCUT2D eigenvalue weighted by atomic mass is 19.3. The molecule has 1 atom stereocenters. The largest absolute Gasteiger partial charge is 0.497 e. The second kappa shape index (κ2) is 9.12. The summed E-state index contributed by atoms with van der Waals surface area (Å²) in [6.45, 7) is -4.96. The highest BCUT2D eigenvalue weighted by molar-refractivity contribution is 6.07. The molecule has 0 spiro atoms. The number of nitrogens with zero attached hydrogens (tertiary/aromatic N) is 2. The number of hydrogen-bond donors (Lipinski definition) is 1. The van der Waals surface area contributed by atoms with E-state index in [2.05, 4.69) is 19.9 Å². The molecule has 12 heteroatoms. The molecule has 0 radical (unpaired) electrons. The van der Waals surface area contributed by atoms with Crippen LogP contribution in [0.15, 0.2) is 47.6 Å². The summed E-state index contributed by atoms with van der Waals surface area (Å²) in [6.07, 6.45) is 0.918. The van der Waals surface area contributed by atoms with Crippen molar-refractivity contribution in [2.75, 3.05) is 7.11 Å². The number of hydrazone groups is 1. The molecule has 2 aromatic rings. The molecular formula is C20H17F4N3O5. The Morgan fingerprint density at radius 2 is 1.62 bits per heavy atom. The maximum Gasteiger partial charge on any atom is 0.387 e. The Balaban J connectivity index is 1.86. The number of carbonyl (C=O) groups is 2. The van der Waals surface area contributed by atoms with Gasteiger partial charge in [-0.1, -0.05) is 12.1 Å². The minimum Gasteiger partial charge on any atom is -0.497 e. The fraction of sp³-hybridized carbons (Fsp3) is 0.250. The Bertz CT molecular complexity index is 1030. The molecule has 1 aliphatic heterocycles. The minimum absolute atomic E-state index is 0.106. The Morgan fingerprint density at radius 3 is 2.22 bits per heavy atom. The summed E-state index contributed by atoms with van der Waals surface area (Å²) in [5.74, 6) is -1.13. The smallest absolute Gasteiger partial charge is 0.387 e. The summed E-state index contributed by atoms with van der Waals surface area (Å²) in [6, 6.07) is 8.57. The van der Waals surface area contributed by atoms with E-state index in [9.17, 15) is 27.2 Å². The number of imide groups is 1. The fourth-order valence-electron chi connectivity index (χ4n) is 2.96. The third-order valence-corrected chi connectivity index (χ3v) is 4.58. The van der Waals surface area contributed by atoms with Crippen LogP contribution in [-0.2, 0) is 10.3 Å². The fourth-order valence-corrected chi connectivity index (χ4v) is 2.96. The van der Waals surface area contributed by atoms with Crippen molar-refractivity contribution >= 4 is 18.2 Å². The van der Waals surface area contributed by atoms with Crippen LogP contribution < -0.4 is 19.5 Å². The second-order valence-corrected chi connectivity index (χ2v) is 6.60. The average Bonchev–Trinajstić information content (AvgIpc) is 2.96. The van der Waals surface area contributed by atoms with Gasteiger partial charge in [0, 0.05) is 11.6 Å². The van der Waals surface area contributed by atoms with E-state index in [-0.39, 0.29) is 5.56 Å². The topological polar surface area (TPSA) is 89.5 Å². The molecule has 0 saturated carbocycles. The molecule has 0 aromatic heterocycles. The molecule has 1 heterocycles. The monoisotopic (exact) mass is 455 g/mol. The van der Waals surface area contributed by atoms with Gasteiger partial charge in [0.25, 0.3) is 5.91 Å². The van der Waals surface area contributed by atoms with Crippen molar-refractivity contribution in [3.63, 3.8) is 0 Å². The number of alkyl halides is 4. The maximum atomic E-state index is 12.9. The average molecular weight is 455 g/mol. The zero-order valence-electron chi connectivity index (χ0n) is 16.7. The van der Waals surface area contributed by atoms with Gasteiger partial charge < -0.3 is 19.5 Å². The highest BCUT2D eigenvalue weighted by Crippen LogP contribution is 2.31. The van der Waals surface area contributed by atoms with Crippen molar-refractivity contribution in [1.82, 2.24) is 10.3 Å². The van der Waals surface area contributed by atoms with Crippen molar-refractivity contribution in [2.24, 2.45) is 5.10 Å². The van der Waals surface area contributed by atoms with E-state index in [1.165, 1.54) is 14.0 Å². The molecule has 8 nitrogen and oxygen atoms in total. The molecule has 3 amide bonds. The van der Waals surface area contributed by atoms with Crippen LogP contribution in [0.3, 0.4) is 0 Å². The Hall–Kier alpha value is -3.83. The van der Waals surface area contributed by atoms with Gasteiger partial charge in [0.1, 0.15) is 22.8 Å². The van der Waals surface area contributed by atoms with Gasteiger partial charge in [0.05, 0.1) is 13.3 Å². The van der Waals surface area contributed by atoms with Crippen molar-refractivity contribution in [3.8, 4) is 17.2 Å². The van der Waals surface area contributed by atoms with E-state index in [0.717, 1.165) is 24.4 Å². The molecule has 1 aliphatic rings. The van der Waals surface area contributed by atoms with Crippen molar-refractivity contribution in [3.05, 3.63) is 53.6 Å². The molecular weight excluding hydrogens is 438 g/mol. The van der Waals surface area contributed by atoms with Crippen LogP contribution in [0, 0.1) is 0 Å². The molecule has 32 heavy (non-hydrogen) atoms. The number of hydrogen-bond acceptors (Lipinski definition) is 6. The summed E-state index contributed by atoms with van der Waals surface area (Å²) >= 11 is 0. The molecule has 1 fully saturated rings. The third kappa shape index (κ3) is 4.74. The Kier molecular flexibility index (Phi) is 6.51. The Morgan fingerprint density at radius 1 is 1.00 bits per heavy atom. The van der Waals surface area contributed by atoms with Crippen molar-refractivity contribution in [2.45, 2.75) is 25.7 Å². The predicted molar refractivity (Wildman–Crippen MR) is 103 cm³/mol. The molecule has 3 rings (SSSR count). The quantitative estimate of drug-likeness (QED) is 0.373. The summed E-state index contributed by atoms with van der Waals surface area (Å²) < 4.78 is 63.7. The van der Waals surface area contributed by atoms with Crippen LogP contribution in [0.2, 0.25) is 0 Å². The van der Waals surface area contributed by atoms with Crippen molar-refractivity contribution in [1.29, 1.82) is 0 Å².